The Morgan fingerprint density at radius 3 is 2.24 bits per heavy atom. The van der Waals surface area contributed by atoms with Gasteiger partial charge >= 0.3 is 0 Å². The maximum Gasteiger partial charge on any atom is 0.0834 e. The lowest BCUT2D eigenvalue weighted by Gasteiger charge is -2.28. The van der Waals surface area contributed by atoms with Crippen LogP contribution in [0.3, 0.4) is 0 Å². The first-order chi connectivity index (χ1) is 7.78. The van der Waals surface area contributed by atoms with E-state index < -0.39 is 0 Å². The smallest absolute Gasteiger partial charge is 0.0834 e. The Morgan fingerprint density at radius 1 is 1.18 bits per heavy atom. The van der Waals surface area contributed by atoms with Crippen LogP contribution < -0.4 is 5.32 Å². The van der Waals surface area contributed by atoms with E-state index in [1.165, 1.54) is 9.26 Å². The zero-order valence-corrected chi connectivity index (χ0v) is 13.0. The summed E-state index contributed by atoms with van der Waals surface area (Å²) in [5.41, 5.74) is 1.02. The predicted molar refractivity (Wildman–Crippen MR) is 80.4 cm³/mol. The first-order valence-electron chi connectivity index (χ1n) is 6.01. The Balaban J connectivity index is 2.11. The lowest BCUT2D eigenvalue weighted by molar-refractivity contribution is -0.0662. The summed E-state index contributed by atoms with van der Waals surface area (Å²) in [5.74, 6) is 0. The second-order valence-electron chi connectivity index (χ2n) is 5.87. The fourth-order valence-corrected chi connectivity index (χ4v) is 2.89. The molecule has 1 aromatic rings. The Bertz CT molecular complexity index is 397. The van der Waals surface area contributed by atoms with Crippen molar-refractivity contribution >= 4 is 28.3 Å². The van der Waals surface area contributed by atoms with Gasteiger partial charge in [0.05, 0.1) is 17.2 Å². The highest BCUT2D eigenvalue weighted by Gasteiger charge is 2.45. The highest BCUT2D eigenvalue weighted by atomic mass is 127. The van der Waals surface area contributed by atoms with E-state index in [1.54, 1.807) is 0 Å². The minimum Gasteiger partial charge on any atom is -0.379 e. The van der Waals surface area contributed by atoms with Crippen LogP contribution in [0.5, 0.6) is 0 Å². The van der Waals surface area contributed by atoms with Gasteiger partial charge in [-0.1, -0.05) is 0 Å². The third kappa shape index (κ3) is 3.13. The Hall–Kier alpha value is -0.290. The molecule has 0 amide bonds. The van der Waals surface area contributed by atoms with Crippen LogP contribution in [0.15, 0.2) is 24.3 Å². The predicted octanol–water partition coefficient (Wildman–Crippen LogP) is 4.05. The summed E-state index contributed by atoms with van der Waals surface area (Å²) in [6, 6.07) is 8.86. The van der Waals surface area contributed by atoms with Gasteiger partial charge in [-0.15, -0.1) is 0 Å². The second-order valence-corrected chi connectivity index (χ2v) is 7.12. The lowest BCUT2D eigenvalue weighted by Crippen LogP contribution is -2.38. The second kappa shape index (κ2) is 4.43. The van der Waals surface area contributed by atoms with E-state index >= 15 is 0 Å². The molecule has 0 bridgehead atoms. The number of hydrogen-bond donors (Lipinski definition) is 1. The monoisotopic (exact) mass is 345 g/mol. The van der Waals surface area contributed by atoms with Gasteiger partial charge in [0, 0.05) is 9.26 Å². The molecule has 0 saturated carbocycles. The minimum atomic E-state index is -0.119. The van der Waals surface area contributed by atoms with Crippen molar-refractivity contribution in [3.05, 3.63) is 27.8 Å². The fraction of sp³-hybridized carbons (Fsp3) is 0.571. The number of anilines is 1. The molecule has 94 valence electrons. The molecule has 0 aromatic heterocycles. The molecule has 0 spiro atoms. The zero-order valence-electron chi connectivity index (χ0n) is 10.9. The van der Waals surface area contributed by atoms with Crippen molar-refractivity contribution in [3.8, 4) is 0 Å². The first kappa shape index (κ1) is 13.1. The molecule has 1 aliphatic heterocycles. The van der Waals surface area contributed by atoms with Crippen LogP contribution >= 0.6 is 22.6 Å². The van der Waals surface area contributed by atoms with Gasteiger partial charge in [-0.05, 0) is 81.0 Å². The highest BCUT2D eigenvalue weighted by molar-refractivity contribution is 14.1. The summed E-state index contributed by atoms with van der Waals surface area (Å²) < 4.78 is 7.34. The van der Waals surface area contributed by atoms with Gasteiger partial charge in [-0.3, -0.25) is 0 Å². The number of halogens is 1. The standard InChI is InChI=1S/C14H20INO/c1-13(2)9-12(14(3,4)17-13)16-11-7-5-10(15)6-8-11/h5-8,12,16H,9H2,1-4H3. The van der Waals surface area contributed by atoms with E-state index in [2.05, 4.69) is 79.9 Å². The van der Waals surface area contributed by atoms with Gasteiger partial charge in [-0.2, -0.15) is 0 Å². The molecule has 1 aromatic carbocycles. The number of nitrogens with one attached hydrogen (secondary N) is 1. The van der Waals surface area contributed by atoms with E-state index in [9.17, 15) is 0 Å². The fourth-order valence-electron chi connectivity index (χ4n) is 2.53. The zero-order chi connectivity index (χ0) is 12.7. The number of rotatable bonds is 2. The minimum absolute atomic E-state index is 0.0373. The highest BCUT2D eigenvalue weighted by Crippen LogP contribution is 2.38. The normalized spacial score (nSPS) is 25.8. The average molecular weight is 345 g/mol. The van der Waals surface area contributed by atoms with Crippen molar-refractivity contribution in [2.45, 2.75) is 51.4 Å². The van der Waals surface area contributed by atoms with Gasteiger partial charge in [0.25, 0.3) is 0 Å². The van der Waals surface area contributed by atoms with E-state index in [4.69, 9.17) is 4.74 Å². The molecule has 1 unspecified atom stereocenters. The third-order valence-electron chi connectivity index (χ3n) is 3.26. The molecule has 17 heavy (non-hydrogen) atoms. The van der Waals surface area contributed by atoms with E-state index in [1.807, 2.05) is 0 Å². The van der Waals surface area contributed by atoms with Gasteiger partial charge in [-0.25, -0.2) is 0 Å². The van der Waals surface area contributed by atoms with Crippen LogP contribution in [-0.4, -0.2) is 17.2 Å². The Kier molecular flexibility index (Phi) is 3.42. The molecule has 0 aliphatic carbocycles. The van der Waals surface area contributed by atoms with E-state index in [0.29, 0.717) is 6.04 Å². The summed E-state index contributed by atoms with van der Waals surface area (Å²) in [6.07, 6.45) is 1.03. The molecular formula is C14H20INO. The van der Waals surface area contributed by atoms with Crippen LogP contribution in [0.2, 0.25) is 0 Å². The molecule has 1 aliphatic rings. The summed E-state index contributed by atoms with van der Waals surface area (Å²) in [4.78, 5) is 0. The average Bonchev–Trinajstić information content (AvgIpc) is 2.38. The quantitative estimate of drug-likeness (QED) is 0.817. The molecule has 1 saturated heterocycles. The van der Waals surface area contributed by atoms with Crippen molar-refractivity contribution in [1.82, 2.24) is 0 Å². The largest absolute Gasteiger partial charge is 0.379 e. The van der Waals surface area contributed by atoms with Gasteiger partial charge in [0.2, 0.25) is 0 Å². The lowest BCUT2D eigenvalue weighted by atomic mass is 9.94. The molecule has 0 radical (unpaired) electrons. The van der Waals surface area contributed by atoms with Crippen molar-refractivity contribution in [3.63, 3.8) is 0 Å². The summed E-state index contributed by atoms with van der Waals surface area (Å²) in [7, 11) is 0. The van der Waals surface area contributed by atoms with E-state index in [-0.39, 0.29) is 11.2 Å². The van der Waals surface area contributed by atoms with Crippen molar-refractivity contribution in [1.29, 1.82) is 0 Å². The first-order valence-corrected chi connectivity index (χ1v) is 7.09. The molecule has 1 fully saturated rings. The Labute approximate surface area is 117 Å². The van der Waals surface area contributed by atoms with Crippen molar-refractivity contribution in [2.24, 2.45) is 0 Å². The van der Waals surface area contributed by atoms with Crippen LogP contribution in [0.4, 0.5) is 5.69 Å². The van der Waals surface area contributed by atoms with Crippen LogP contribution in [0.25, 0.3) is 0 Å². The maximum atomic E-state index is 6.08. The summed E-state index contributed by atoms with van der Waals surface area (Å²) >= 11 is 2.32. The maximum absolute atomic E-state index is 6.08. The third-order valence-corrected chi connectivity index (χ3v) is 3.98. The SMILES string of the molecule is CC1(C)CC(Nc2ccc(I)cc2)C(C)(C)O1. The molecule has 2 nitrogen and oxygen atoms in total. The van der Waals surface area contributed by atoms with Crippen molar-refractivity contribution < 1.29 is 4.74 Å². The topological polar surface area (TPSA) is 21.3 Å². The van der Waals surface area contributed by atoms with Crippen LogP contribution in [0, 0.1) is 3.57 Å². The number of ether oxygens (including phenoxy) is 1. The van der Waals surface area contributed by atoms with Crippen molar-refractivity contribution in [2.75, 3.05) is 5.32 Å². The molecule has 1 N–H and O–H groups in total. The van der Waals surface area contributed by atoms with Gasteiger partial charge in [0.1, 0.15) is 0 Å². The molecule has 3 heteroatoms. The van der Waals surface area contributed by atoms with Crippen LogP contribution in [-0.2, 0) is 4.74 Å². The Morgan fingerprint density at radius 2 is 1.76 bits per heavy atom. The van der Waals surface area contributed by atoms with Gasteiger partial charge in [0.15, 0.2) is 0 Å². The van der Waals surface area contributed by atoms with Crippen LogP contribution in [0.1, 0.15) is 34.1 Å². The van der Waals surface area contributed by atoms with Gasteiger partial charge < -0.3 is 10.1 Å². The summed E-state index contributed by atoms with van der Waals surface area (Å²) in [5, 5.41) is 3.59. The molecule has 1 heterocycles. The number of hydrogen-bond acceptors (Lipinski definition) is 2. The number of benzene rings is 1. The van der Waals surface area contributed by atoms with E-state index in [0.717, 1.165) is 6.42 Å². The molecule has 2 rings (SSSR count). The molecular weight excluding hydrogens is 325 g/mol. The summed E-state index contributed by atoms with van der Waals surface area (Å²) in [6.45, 7) is 8.63. The molecule has 1 atom stereocenters.